The molecule has 0 unspecified atom stereocenters. The van der Waals surface area contributed by atoms with Crippen LogP contribution >= 0.6 is 15.9 Å². The number of nitrogen functional groups attached to an aromatic ring is 1. The van der Waals surface area contributed by atoms with Crippen molar-refractivity contribution in [3.63, 3.8) is 0 Å². The number of carbonyl (C=O) groups is 1. The van der Waals surface area contributed by atoms with Crippen molar-refractivity contribution in [2.24, 2.45) is 0 Å². The molecule has 0 heterocycles. The first-order chi connectivity index (χ1) is 7.99. The molecule has 17 heavy (non-hydrogen) atoms. The van der Waals surface area contributed by atoms with Crippen LogP contribution in [0.5, 0.6) is 0 Å². The molecule has 1 aromatic rings. The average Bonchev–Trinajstić information content (AvgIpc) is 2.23. The Morgan fingerprint density at radius 3 is 2.76 bits per heavy atom. The largest absolute Gasteiger partial charge is 0.398 e. The van der Waals surface area contributed by atoms with Crippen molar-refractivity contribution in [2.75, 3.05) is 32.9 Å². The molecule has 0 saturated heterocycles. The highest BCUT2D eigenvalue weighted by Gasteiger charge is 2.04. The number of nitrogens with zero attached hydrogens (tertiary/aromatic N) is 1. The Balaban J connectivity index is 2.42. The zero-order chi connectivity index (χ0) is 12.8. The second-order valence-electron chi connectivity index (χ2n) is 4.19. The molecule has 0 spiro atoms. The molecule has 0 saturated carbocycles. The fourth-order valence-corrected chi connectivity index (χ4v) is 1.77. The summed E-state index contributed by atoms with van der Waals surface area (Å²) in [5.74, 6) is 0.0310. The third-order valence-corrected chi connectivity index (χ3v) is 3.00. The van der Waals surface area contributed by atoms with Gasteiger partial charge in [-0.2, -0.15) is 0 Å². The minimum absolute atomic E-state index is 0.0310. The van der Waals surface area contributed by atoms with Gasteiger partial charge in [0.15, 0.2) is 0 Å². The van der Waals surface area contributed by atoms with Gasteiger partial charge in [-0.05, 0) is 47.7 Å². The Kier molecular flexibility index (Phi) is 5.44. The Morgan fingerprint density at radius 2 is 2.18 bits per heavy atom. The number of halogens is 1. The molecular formula is C12H18BrN3O. The second-order valence-corrected chi connectivity index (χ2v) is 5.04. The fraction of sp³-hybridized carbons (Fsp3) is 0.417. The molecule has 3 N–H and O–H groups in total. The second kappa shape index (κ2) is 6.61. The lowest BCUT2D eigenvalue weighted by Gasteiger charge is -2.10. The number of benzene rings is 1. The van der Waals surface area contributed by atoms with Crippen LogP contribution in [0.1, 0.15) is 5.56 Å². The van der Waals surface area contributed by atoms with E-state index < -0.39 is 0 Å². The monoisotopic (exact) mass is 299 g/mol. The topological polar surface area (TPSA) is 58.4 Å². The number of nitrogens with two attached hydrogens (primary N) is 1. The van der Waals surface area contributed by atoms with Crippen LogP contribution in [0, 0.1) is 0 Å². The van der Waals surface area contributed by atoms with Crippen molar-refractivity contribution in [3.05, 3.63) is 28.2 Å². The molecular weight excluding hydrogens is 282 g/mol. The van der Waals surface area contributed by atoms with Crippen molar-refractivity contribution in [1.82, 2.24) is 10.2 Å². The smallest absolute Gasteiger partial charge is 0.224 e. The highest BCUT2D eigenvalue weighted by Crippen LogP contribution is 2.20. The summed E-state index contributed by atoms with van der Waals surface area (Å²) < 4.78 is 0.830. The van der Waals surface area contributed by atoms with E-state index in [9.17, 15) is 4.79 Å². The third kappa shape index (κ3) is 5.19. The van der Waals surface area contributed by atoms with Crippen molar-refractivity contribution >= 4 is 27.5 Å². The highest BCUT2D eigenvalue weighted by atomic mass is 79.9. The van der Waals surface area contributed by atoms with Crippen LogP contribution in [0.3, 0.4) is 0 Å². The predicted molar refractivity (Wildman–Crippen MR) is 73.8 cm³/mol. The standard InChI is InChI=1S/C12H18BrN3O/c1-16(2)6-5-15-12(17)8-9-3-4-11(14)10(13)7-9/h3-4,7H,5-6,8,14H2,1-2H3,(H,15,17). The number of carbonyl (C=O) groups excluding carboxylic acids is 1. The lowest BCUT2D eigenvalue weighted by atomic mass is 10.1. The summed E-state index contributed by atoms with van der Waals surface area (Å²) in [6.07, 6.45) is 0.381. The Morgan fingerprint density at radius 1 is 1.47 bits per heavy atom. The number of likely N-dealkylation sites (N-methyl/N-ethyl adjacent to an activating group) is 1. The van der Waals surface area contributed by atoms with E-state index in [0.29, 0.717) is 18.7 Å². The lowest BCUT2D eigenvalue weighted by molar-refractivity contribution is -0.120. The van der Waals surface area contributed by atoms with Gasteiger partial charge in [-0.25, -0.2) is 0 Å². The predicted octanol–water partition coefficient (Wildman–Crippen LogP) is 1.25. The number of anilines is 1. The third-order valence-electron chi connectivity index (χ3n) is 2.31. The molecule has 1 rings (SSSR count). The van der Waals surface area contributed by atoms with E-state index in [4.69, 9.17) is 5.73 Å². The maximum atomic E-state index is 11.6. The van der Waals surface area contributed by atoms with E-state index in [-0.39, 0.29) is 5.91 Å². The van der Waals surface area contributed by atoms with E-state index >= 15 is 0 Å². The number of hydrogen-bond acceptors (Lipinski definition) is 3. The van der Waals surface area contributed by atoms with E-state index in [1.807, 2.05) is 31.1 Å². The number of nitrogens with one attached hydrogen (secondary N) is 1. The highest BCUT2D eigenvalue weighted by molar-refractivity contribution is 9.10. The molecule has 4 nitrogen and oxygen atoms in total. The van der Waals surface area contributed by atoms with E-state index in [0.717, 1.165) is 16.6 Å². The van der Waals surface area contributed by atoms with E-state index in [2.05, 4.69) is 21.2 Å². The van der Waals surface area contributed by atoms with Gasteiger partial charge in [0.25, 0.3) is 0 Å². The maximum Gasteiger partial charge on any atom is 0.224 e. The average molecular weight is 300 g/mol. The van der Waals surface area contributed by atoms with Crippen LogP contribution in [0.2, 0.25) is 0 Å². The summed E-state index contributed by atoms with van der Waals surface area (Å²) in [6.45, 7) is 1.51. The van der Waals surface area contributed by atoms with Gasteiger partial charge in [-0.15, -0.1) is 0 Å². The van der Waals surface area contributed by atoms with Crippen molar-refractivity contribution in [3.8, 4) is 0 Å². The van der Waals surface area contributed by atoms with Crippen LogP contribution in [-0.2, 0) is 11.2 Å². The zero-order valence-electron chi connectivity index (χ0n) is 10.2. The van der Waals surface area contributed by atoms with Crippen LogP contribution in [-0.4, -0.2) is 38.0 Å². The van der Waals surface area contributed by atoms with Crippen LogP contribution in [0.4, 0.5) is 5.69 Å². The molecule has 0 aliphatic carbocycles. The number of rotatable bonds is 5. The van der Waals surface area contributed by atoms with Crippen LogP contribution < -0.4 is 11.1 Å². The maximum absolute atomic E-state index is 11.6. The molecule has 0 fully saturated rings. The van der Waals surface area contributed by atoms with Crippen molar-refractivity contribution in [2.45, 2.75) is 6.42 Å². The normalized spacial score (nSPS) is 10.6. The quantitative estimate of drug-likeness (QED) is 0.805. The van der Waals surface area contributed by atoms with Crippen LogP contribution in [0.25, 0.3) is 0 Å². The van der Waals surface area contributed by atoms with E-state index in [1.165, 1.54) is 0 Å². The summed E-state index contributed by atoms with van der Waals surface area (Å²) in [5, 5.41) is 2.87. The van der Waals surface area contributed by atoms with Crippen molar-refractivity contribution in [1.29, 1.82) is 0 Å². The zero-order valence-corrected chi connectivity index (χ0v) is 11.8. The minimum atomic E-state index is 0.0310. The molecule has 0 aliphatic rings. The van der Waals surface area contributed by atoms with Gasteiger partial charge in [-0.1, -0.05) is 6.07 Å². The Labute approximate surface area is 110 Å². The number of hydrogen-bond donors (Lipinski definition) is 2. The fourth-order valence-electron chi connectivity index (χ4n) is 1.35. The summed E-state index contributed by atoms with van der Waals surface area (Å²) in [5.41, 5.74) is 7.31. The van der Waals surface area contributed by atoms with Gasteiger partial charge in [0.1, 0.15) is 0 Å². The molecule has 0 aromatic heterocycles. The first-order valence-corrected chi connectivity index (χ1v) is 6.23. The molecule has 94 valence electrons. The number of amides is 1. The SMILES string of the molecule is CN(C)CCNC(=O)Cc1ccc(N)c(Br)c1. The molecule has 0 radical (unpaired) electrons. The van der Waals surface area contributed by atoms with Gasteiger partial charge in [-0.3, -0.25) is 4.79 Å². The lowest BCUT2D eigenvalue weighted by Crippen LogP contribution is -2.32. The Bertz CT molecular complexity index is 393. The molecule has 5 heteroatoms. The first-order valence-electron chi connectivity index (χ1n) is 5.44. The van der Waals surface area contributed by atoms with Crippen molar-refractivity contribution < 1.29 is 4.79 Å². The summed E-state index contributed by atoms with van der Waals surface area (Å²) in [7, 11) is 3.95. The summed E-state index contributed by atoms with van der Waals surface area (Å²) in [6, 6.07) is 5.54. The van der Waals surface area contributed by atoms with Gasteiger partial charge >= 0.3 is 0 Å². The molecule has 1 aromatic carbocycles. The van der Waals surface area contributed by atoms with Crippen LogP contribution in [0.15, 0.2) is 22.7 Å². The molecule has 1 amide bonds. The van der Waals surface area contributed by atoms with Gasteiger partial charge in [0.05, 0.1) is 6.42 Å². The van der Waals surface area contributed by atoms with Gasteiger partial charge in [0.2, 0.25) is 5.91 Å². The molecule has 0 atom stereocenters. The first kappa shape index (κ1) is 14.0. The van der Waals surface area contributed by atoms with E-state index in [1.54, 1.807) is 6.07 Å². The summed E-state index contributed by atoms with van der Waals surface area (Å²) >= 11 is 3.34. The van der Waals surface area contributed by atoms with Gasteiger partial charge < -0.3 is 16.0 Å². The summed E-state index contributed by atoms with van der Waals surface area (Å²) in [4.78, 5) is 13.6. The van der Waals surface area contributed by atoms with Gasteiger partial charge in [0, 0.05) is 23.2 Å². The molecule has 0 aliphatic heterocycles. The molecule has 0 bridgehead atoms. The Hall–Kier alpha value is -1.07. The minimum Gasteiger partial charge on any atom is -0.398 e.